The van der Waals surface area contributed by atoms with Crippen LogP contribution in [-0.2, 0) is 5.41 Å². The van der Waals surface area contributed by atoms with Gasteiger partial charge in [0.1, 0.15) is 5.01 Å². The number of benzene rings is 7. The van der Waals surface area contributed by atoms with Crippen LogP contribution in [0.5, 0.6) is 0 Å². The first-order chi connectivity index (χ1) is 23.1. The Bertz CT molecular complexity index is 2540. The number of nitrogens with zero attached hydrogens (tertiary/aromatic N) is 2. The Morgan fingerprint density at radius 3 is 2.04 bits per heavy atom. The summed E-state index contributed by atoms with van der Waals surface area (Å²) in [5, 5.41) is 6.12. The van der Waals surface area contributed by atoms with Crippen molar-refractivity contribution in [1.29, 1.82) is 0 Å². The monoisotopic (exact) mass is 618 g/mol. The van der Waals surface area contributed by atoms with E-state index in [1.54, 1.807) is 11.3 Å². The van der Waals surface area contributed by atoms with Gasteiger partial charge in [-0.05, 0) is 57.3 Å². The SMILES string of the molecule is CC1(C)c2ccccc2-c2ccc(N(c3ccccc3)c3c4c5c(cccc5c5ccccc35)-c3sc(-c5ccccc5)nc3-4)cc21. The highest BCUT2D eigenvalue weighted by Gasteiger charge is 2.37. The van der Waals surface area contributed by atoms with Gasteiger partial charge in [0, 0.05) is 44.3 Å². The zero-order valence-electron chi connectivity index (χ0n) is 26.2. The lowest BCUT2D eigenvalue weighted by molar-refractivity contribution is 0.660. The molecule has 2 nitrogen and oxygen atoms in total. The van der Waals surface area contributed by atoms with Gasteiger partial charge in [-0.2, -0.15) is 0 Å². The first-order valence-corrected chi connectivity index (χ1v) is 17.1. The highest BCUT2D eigenvalue weighted by molar-refractivity contribution is 7.19. The Morgan fingerprint density at radius 2 is 1.21 bits per heavy atom. The largest absolute Gasteiger partial charge is 0.309 e. The molecule has 47 heavy (non-hydrogen) atoms. The molecule has 1 aromatic heterocycles. The molecule has 8 aromatic rings. The van der Waals surface area contributed by atoms with Crippen LogP contribution in [0.3, 0.4) is 0 Å². The highest BCUT2D eigenvalue weighted by atomic mass is 32.1. The maximum Gasteiger partial charge on any atom is 0.124 e. The van der Waals surface area contributed by atoms with E-state index in [0.717, 1.165) is 27.6 Å². The molecule has 0 amide bonds. The maximum absolute atomic E-state index is 5.44. The fraction of sp³-hybridized carbons (Fsp3) is 0.0682. The van der Waals surface area contributed by atoms with Crippen LogP contribution in [0.1, 0.15) is 25.0 Å². The molecule has 2 aliphatic carbocycles. The maximum atomic E-state index is 5.44. The van der Waals surface area contributed by atoms with E-state index < -0.39 is 0 Å². The number of hydrogen-bond acceptors (Lipinski definition) is 3. The Labute approximate surface area is 278 Å². The summed E-state index contributed by atoms with van der Waals surface area (Å²) in [5.74, 6) is 0. The van der Waals surface area contributed by atoms with Crippen molar-refractivity contribution in [3.05, 3.63) is 157 Å². The third kappa shape index (κ3) is 3.69. The second kappa shape index (κ2) is 9.75. The number of thiazole rings is 1. The minimum Gasteiger partial charge on any atom is -0.309 e. The molecule has 2 aliphatic rings. The first kappa shape index (κ1) is 26.7. The van der Waals surface area contributed by atoms with Gasteiger partial charge < -0.3 is 4.90 Å². The van der Waals surface area contributed by atoms with Gasteiger partial charge in [-0.15, -0.1) is 11.3 Å². The van der Waals surface area contributed by atoms with E-state index in [2.05, 4.69) is 164 Å². The van der Waals surface area contributed by atoms with E-state index in [0.29, 0.717) is 0 Å². The lowest BCUT2D eigenvalue weighted by Crippen LogP contribution is -2.17. The first-order valence-electron chi connectivity index (χ1n) is 16.2. The molecule has 0 atom stereocenters. The Hall–Kier alpha value is -5.51. The van der Waals surface area contributed by atoms with Crippen LogP contribution < -0.4 is 4.90 Å². The summed E-state index contributed by atoms with van der Waals surface area (Å²) in [6.45, 7) is 4.72. The quantitative estimate of drug-likeness (QED) is 0.182. The van der Waals surface area contributed by atoms with Crippen molar-refractivity contribution in [2.24, 2.45) is 0 Å². The summed E-state index contributed by atoms with van der Waals surface area (Å²) in [7, 11) is 0. The molecule has 0 spiro atoms. The minimum atomic E-state index is -0.105. The molecule has 10 rings (SSSR count). The summed E-state index contributed by atoms with van der Waals surface area (Å²) in [4.78, 5) is 9.18. The van der Waals surface area contributed by atoms with Gasteiger partial charge in [-0.3, -0.25) is 0 Å². The van der Waals surface area contributed by atoms with Crippen molar-refractivity contribution < 1.29 is 0 Å². The van der Waals surface area contributed by atoms with Crippen molar-refractivity contribution in [3.63, 3.8) is 0 Å². The van der Waals surface area contributed by atoms with Crippen LogP contribution in [-0.4, -0.2) is 4.98 Å². The van der Waals surface area contributed by atoms with Crippen molar-refractivity contribution in [1.82, 2.24) is 4.98 Å². The molecule has 0 bridgehead atoms. The average Bonchev–Trinajstić information content (AvgIpc) is 3.76. The Morgan fingerprint density at radius 1 is 0.553 bits per heavy atom. The molecule has 1 heterocycles. The fourth-order valence-electron chi connectivity index (χ4n) is 8.07. The molecule has 0 fully saturated rings. The smallest absolute Gasteiger partial charge is 0.124 e. The zero-order valence-corrected chi connectivity index (χ0v) is 27.0. The number of anilines is 3. The van der Waals surface area contributed by atoms with E-state index in [9.17, 15) is 0 Å². The number of rotatable bonds is 4. The van der Waals surface area contributed by atoms with Gasteiger partial charge in [-0.1, -0.05) is 135 Å². The lowest BCUT2D eigenvalue weighted by Gasteiger charge is -2.31. The number of aromatic nitrogens is 1. The van der Waals surface area contributed by atoms with Crippen molar-refractivity contribution in [3.8, 4) is 43.4 Å². The minimum absolute atomic E-state index is 0.105. The van der Waals surface area contributed by atoms with Gasteiger partial charge in [0.05, 0.1) is 16.3 Å². The van der Waals surface area contributed by atoms with Crippen LogP contribution in [0, 0.1) is 0 Å². The molecule has 7 aromatic carbocycles. The van der Waals surface area contributed by atoms with E-state index in [4.69, 9.17) is 4.98 Å². The molecular weight excluding hydrogens is 589 g/mol. The summed E-state index contributed by atoms with van der Waals surface area (Å²) in [6.07, 6.45) is 0. The number of fused-ring (bicyclic) bond motifs is 8. The summed E-state index contributed by atoms with van der Waals surface area (Å²) in [6, 6.07) is 53.1. The van der Waals surface area contributed by atoms with Crippen molar-refractivity contribution >= 4 is 49.9 Å². The van der Waals surface area contributed by atoms with E-state index in [1.165, 1.54) is 65.5 Å². The Balaban J connectivity index is 1.31. The van der Waals surface area contributed by atoms with Gasteiger partial charge >= 0.3 is 0 Å². The van der Waals surface area contributed by atoms with E-state index in [1.807, 2.05) is 0 Å². The van der Waals surface area contributed by atoms with Crippen LogP contribution in [0.2, 0.25) is 0 Å². The normalized spacial score (nSPS) is 13.5. The summed E-state index contributed by atoms with van der Waals surface area (Å²) in [5.41, 5.74) is 13.5. The van der Waals surface area contributed by atoms with Crippen LogP contribution in [0.4, 0.5) is 17.1 Å². The van der Waals surface area contributed by atoms with Gasteiger partial charge in [0.2, 0.25) is 0 Å². The average molecular weight is 619 g/mol. The predicted molar refractivity (Wildman–Crippen MR) is 199 cm³/mol. The molecule has 3 heteroatoms. The second-order valence-electron chi connectivity index (χ2n) is 13.1. The molecule has 0 unspecified atom stereocenters. The Kier molecular flexibility index (Phi) is 5.53. The predicted octanol–water partition coefficient (Wildman–Crippen LogP) is 12.5. The fourth-order valence-corrected chi connectivity index (χ4v) is 9.18. The van der Waals surface area contributed by atoms with Gasteiger partial charge in [0.15, 0.2) is 0 Å². The van der Waals surface area contributed by atoms with Crippen LogP contribution in [0.25, 0.3) is 64.9 Å². The molecular formula is C44H30N2S. The number of hydrogen-bond donors (Lipinski definition) is 0. The highest BCUT2D eigenvalue weighted by Crippen LogP contribution is 2.59. The van der Waals surface area contributed by atoms with E-state index in [-0.39, 0.29) is 5.41 Å². The molecule has 0 N–H and O–H groups in total. The second-order valence-corrected chi connectivity index (χ2v) is 14.1. The van der Waals surface area contributed by atoms with Gasteiger partial charge in [0.25, 0.3) is 0 Å². The van der Waals surface area contributed by atoms with Crippen LogP contribution >= 0.6 is 11.3 Å². The molecule has 0 saturated heterocycles. The molecule has 222 valence electrons. The van der Waals surface area contributed by atoms with Gasteiger partial charge in [-0.25, -0.2) is 4.98 Å². The van der Waals surface area contributed by atoms with Crippen molar-refractivity contribution in [2.45, 2.75) is 19.3 Å². The molecule has 0 radical (unpaired) electrons. The summed E-state index contributed by atoms with van der Waals surface area (Å²) < 4.78 is 0. The topological polar surface area (TPSA) is 16.1 Å². The lowest BCUT2D eigenvalue weighted by atomic mass is 9.82. The third-order valence-electron chi connectivity index (χ3n) is 10.2. The standard InChI is InChI=1S/C44H30N2S/c1-44(2)36-23-12-11-19-31(36)32-25-24-29(26-37(32)44)46(28-16-7-4-8-17-28)41-34-20-10-9-18-30(34)33-21-13-22-35-38(33)39(41)40-42(35)47-43(45-40)27-14-5-3-6-15-27/h3-26H,1-2H3. The van der Waals surface area contributed by atoms with E-state index >= 15 is 0 Å². The van der Waals surface area contributed by atoms with Crippen LogP contribution in [0.15, 0.2) is 146 Å². The van der Waals surface area contributed by atoms with Crippen molar-refractivity contribution in [2.75, 3.05) is 4.90 Å². The third-order valence-corrected chi connectivity index (χ3v) is 11.4. The zero-order chi connectivity index (χ0) is 31.3. The number of para-hydroxylation sites is 1. The molecule has 0 aliphatic heterocycles. The summed E-state index contributed by atoms with van der Waals surface area (Å²) >= 11 is 1.80. The molecule has 0 saturated carbocycles.